The van der Waals surface area contributed by atoms with Gasteiger partial charge in [-0.2, -0.15) is 4.98 Å². The van der Waals surface area contributed by atoms with Crippen molar-refractivity contribution in [3.63, 3.8) is 0 Å². The number of nitrogens with two attached hydrogens (primary N) is 1. The maximum absolute atomic E-state index is 11.7. The highest BCUT2D eigenvalue weighted by atomic mass is 31.0. The topological polar surface area (TPSA) is 119 Å². The van der Waals surface area contributed by atoms with Gasteiger partial charge in [-0.3, -0.25) is 9.78 Å². The summed E-state index contributed by atoms with van der Waals surface area (Å²) in [7, 11) is 2.50. The zero-order chi connectivity index (χ0) is 14.3. The lowest BCUT2D eigenvalue weighted by Crippen LogP contribution is -2.46. The van der Waals surface area contributed by atoms with Crippen LogP contribution in [0.1, 0.15) is 12.5 Å². The van der Waals surface area contributed by atoms with Gasteiger partial charge < -0.3 is 20.1 Å². The fourth-order valence-corrected chi connectivity index (χ4v) is 2.95. The fourth-order valence-electron chi connectivity index (χ4n) is 2.70. The van der Waals surface area contributed by atoms with Gasteiger partial charge in [-0.25, -0.2) is 4.98 Å². The van der Waals surface area contributed by atoms with Crippen LogP contribution in [0.2, 0.25) is 0 Å². The van der Waals surface area contributed by atoms with Crippen molar-refractivity contribution >= 4 is 26.4 Å². The van der Waals surface area contributed by atoms with E-state index in [0.29, 0.717) is 12.0 Å². The quantitative estimate of drug-likeness (QED) is 0.653. The number of aliphatic hydroxyl groups excluding tert-OH is 1. The Morgan fingerprint density at radius 2 is 2.45 bits per heavy atom. The first kappa shape index (κ1) is 13.5. The first-order valence-corrected chi connectivity index (χ1v) is 7.12. The molecule has 0 spiro atoms. The number of aromatic nitrogens is 4. The monoisotopic (exact) mass is 297 g/mol. The highest BCUT2D eigenvalue weighted by Gasteiger charge is 2.43. The lowest BCUT2D eigenvalue weighted by atomic mass is 9.76. The Bertz CT molecular complexity index is 684. The van der Waals surface area contributed by atoms with E-state index in [4.69, 9.17) is 10.5 Å². The molecule has 0 aromatic carbocycles. The summed E-state index contributed by atoms with van der Waals surface area (Å²) in [6.45, 7) is 0.0122. The number of fused-ring (bicyclic) bond motifs is 1. The van der Waals surface area contributed by atoms with Gasteiger partial charge in [-0.1, -0.05) is 0 Å². The number of ether oxygens (including phenoxy) is 1. The number of nitrogens with zero attached hydrogens (tertiary/aromatic N) is 3. The second-order valence-corrected chi connectivity index (χ2v) is 5.13. The Morgan fingerprint density at radius 1 is 1.65 bits per heavy atom. The van der Waals surface area contributed by atoms with Gasteiger partial charge in [0, 0.05) is 12.0 Å². The molecule has 0 amide bonds. The molecular weight excluding hydrogens is 281 g/mol. The number of hydrogen-bond acceptors (Lipinski definition) is 6. The number of imidazole rings is 1. The summed E-state index contributed by atoms with van der Waals surface area (Å²) < 4.78 is 7.32. The van der Waals surface area contributed by atoms with E-state index in [1.54, 1.807) is 10.9 Å². The standard InChI is InChI=1S/C11H16N5O3P/c12-11-14-9-8(10(18)15-11)13-3-16(9)6-1-7(19-4-20)5(6)2-17/h3,5-7,17H,1-2,4,20H2,(H3,12,14,15,18). The summed E-state index contributed by atoms with van der Waals surface area (Å²) in [6.07, 6.45) is 2.86. The molecule has 2 heterocycles. The number of aromatic amines is 1. The fraction of sp³-hybridized carbons (Fsp3) is 0.545. The SMILES string of the molecule is Nc1nc2c(ncn2C2CC(OCP)C2CO)c(=O)[nH]1. The highest BCUT2D eigenvalue weighted by Crippen LogP contribution is 2.41. The van der Waals surface area contributed by atoms with Crippen LogP contribution in [0.25, 0.3) is 11.2 Å². The number of nitrogen functional groups attached to an aromatic ring is 1. The van der Waals surface area contributed by atoms with Gasteiger partial charge in [0.2, 0.25) is 5.95 Å². The molecule has 4 unspecified atom stereocenters. The summed E-state index contributed by atoms with van der Waals surface area (Å²) in [6, 6.07) is 0.0141. The molecule has 1 fully saturated rings. The summed E-state index contributed by atoms with van der Waals surface area (Å²) in [5.74, 6) is 0.0251. The van der Waals surface area contributed by atoms with E-state index in [1.807, 2.05) is 0 Å². The van der Waals surface area contributed by atoms with Crippen LogP contribution in [0.4, 0.5) is 5.95 Å². The number of anilines is 1. The van der Waals surface area contributed by atoms with Crippen molar-refractivity contribution in [1.29, 1.82) is 0 Å². The zero-order valence-electron chi connectivity index (χ0n) is 10.7. The first-order chi connectivity index (χ1) is 9.65. The molecule has 3 rings (SSSR count). The van der Waals surface area contributed by atoms with Crippen molar-refractivity contribution < 1.29 is 9.84 Å². The van der Waals surface area contributed by atoms with Gasteiger partial charge in [0.05, 0.1) is 25.4 Å². The van der Waals surface area contributed by atoms with E-state index < -0.39 is 0 Å². The molecule has 9 heteroatoms. The Labute approximate surface area is 116 Å². The van der Waals surface area contributed by atoms with Crippen LogP contribution < -0.4 is 11.3 Å². The minimum absolute atomic E-state index is 0.0122. The van der Waals surface area contributed by atoms with Crippen molar-refractivity contribution in [3.8, 4) is 0 Å². The summed E-state index contributed by atoms with van der Waals surface area (Å²) in [5, 5.41) is 9.50. The zero-order valence-corrected chi connectivity index (χ0v) is 11.8. The smallest absolute Gasteiger partial charge is 0.280 e. The number of nitrogens with one attached hydrogen (secondary N) is 1. The van der Waals surface area contributed by atoms with E-state index in [-0.39, 0.29) is 41.7 Å². The van der Waals surface area contributed by atoms with E-state index in [2.05, 4.69) is 24.2 Å². The molecule has 0 radical (unpaired) electrons. The number of H-pyrrole nitrogens is 1. The van der Waals surface area contributed by atoms with Crippen molar-refractivity contribution in [2.24, 2.45) is 5.92 Å². The third-order valence-electron chi connectivity index (χ3n) is 3.77. The molecule has 20 heavy (non-hydrogen) atoms. The summed E-state index contributed by atoms with van der Waals surface area (Å²) in [5.41, 5.74) is 5.91. The molecule has 1 saturated carbocycles. The number of aliphatic hydroxyl groups is 1. The normalized spacial score (nSPS) is 25.8. The Kier molecular flexibility index (Phi) is 3.45. The summed E-state index contributed by atoms with van der Waals surface area (Å²) in [4.78, 5) is 22.4. The van der Waals surface area contributed by atoms with Gasteiger partial charge >= 0.3 is 0 Å². The molecule has 0 bridgehead atoms. The molecule has 8 nitrogen and oxygen atoms in total. The Hall–Kier alpha value is -1.50. The number of hydrogen-bond donors (Lipinski definition) is 3. The van der Waals surface area contributed by atoms with Crippen LogP contribution in [0.15, 0.2) is 11.1 Å². The van der Waals surface area contributed by atoms with Gasteiger partial charge in [0.1, 0.15) is 0 Å². The molecule has 1 aliphatic carbocycles. The van der Waals surface area contributed by atoms with Gasteiger partial charge in [0.15, 0.2) is 11.2 Å². The van der Waals surface area contributed by atoms with Crippen molar-refractivity contribution in [2.75, 3.05) is 18.7 Å². The van der Waals surface area contributed by atoms with E-state index >= 15 is 0 Å². The molecule has 2 aromatic heterocycles. The maximum atomic E-state index is 11.7. The average Bonchev–Trinajstić information content (AvgIpc) is 2.78. The van der Waals surface area contributed by atoms with Gasteiger partial charge in [0.25, 0.3) is 5.56 Å². The molecule has 2 aromatic rings. The largest absolute Gasteiger partial charge is 0.396 e. The third-order valence-corrected chi connectivity index (χ3v) is 3.97. The van der Waals surface area contributed by atoms with Crippen LogP contribution in [0, 0.1) is 5.92 Å². The lowest BCUT2D eigenvalue weighted by molar-refractivity contribution is -0.0819. The second-order valence-electron chi connectivity index (χ2n) is 4.80. The molecule has 4 atom stereocenters. The molecule has 4 N–H and O–H groups in total. The Balaban J connectivity index is 1.98. The summed E-state index contributed by atoms with van der Waals surface area (Å²) >= 11 is 0. The average molecular weight is 297 g/mol. The van der Waals surface area contributed by atoms with Crippen molar-refractivity contribution in [3.05, 3.63) is 16.7 Å². The predicted octanol–water partition coefficient (Wildman–Crippen LogP) is -0.527. The Morgan fingerprint density at radius 3 is 3.15 bits per heavy atom. The van der Waals surface area contributed by atoms with Crippen molar-refractivity contribution in [1.82, 2.24) is 19.5 Å². The predicted molar refractivity (Wildman–Crippen MR) is 76.2 cm³/mol. The van der Waals surface area contributed by atoms with Gasteiger partial charge in [-0.15, -0.1) is 9.24 Å². The van der Waals surface area contributed by atoms with Crippen LogP contribution in [0.5, 0.6) is 0 Å². The van der Waals surface area contributed by atoms with Crippen LogP contribution in [0.3, 0.4) is 0 Å². The molecule has 0 aliphatic heterocycles. The van der Waals surface area contributed by atoms with Crippen molar-refractivity contribution in [2.45, 2.75) is 18.6 Å². The highest BCUT2D eigenvalue weighted by molar-refractivity contribution is 7.16. The third kappa shape index (κ3) is 2.00. The van der Waals surface area contributed by atoms with Crippen LogP contribution in [-0.4, -0.2) is 43.7 Å². The molecule has 0 saturated heterocycles. The minimum atomic E-state index is -0.358. The number of rotatable bonds is 4. The maximum Gasteiger partial charge on any atom is 0.280 e. The van der Waals surface area contributed by atoms with Gasteiger partial charge in [-0.05, 0) is 6.42 Å². The first-order valence-electron chi connectivity index (χ1n) is 6.30. The van der Waals surface area contributed by atoms with Crippen LogP contribution >= 0.6 is 9.24 Å². The van der Waals surface area contributed by atoms with E-state index in [9.17, 15) is 9.90 Å². The van der Waals surface area contributed by atoms with E-state index in [0.717, 1.165) is 6.42 Å². The lowest BCUT2D eigenvalue weighted by Gasteiger charge is -2.43. The molecule has 1 aliphatic rings. The van der Waals surface area contributed by atoms with E-state index in [1.165, 1.54) is 0 Å². The van der Waals surface area contributed by atoms with Crippen LogP contribution in [-0.2, 0) is 4.74 Å². The second kappa shape index (κ2) is 5.12. The molecule has 108 valence electrons. The molecular formula is C11H16N5O3P. The minimum Gasteiger partial charge on any atom is -0.396 e.